The second-order valence-corrected chi connectivity index (χ2v) is 3.76. The van der Waals surface area contributed by atoms with Gasteiger partial charge in [-0.05, 0) is 20.4 Å². The van der Waals surface area contributed by atoms with Crippen LogP contribution in [0, 0.1) is 11.3 Å². The Labute approximate surface area is 85.8 Å². The van der Waals surface area contributed by atoms with Crippen molar-refractivity contribution in [3.63, 3.8) is 0 Å². The summed E-state index contributed by atoms with van der Waals surface area (Å²) in [6.45, 7) is 5.68. The second kappa shape index (κ2) is 5.97. The Morgan fingerprint density at radius 1 is 1.71 bits per heavy atom. The van der Waals surface area contributed by atoms with Gasteiger partial charge in [0.1, 0.15) is 6.04 Å². The summed E-state index contributed by atoms with van der Waals surface area (Å²) >= 11 is 0. The van der Waals surface area contributed by atoms with Crippen LogP contribution in [0.3, 0.4) is 0 Å². The van der Waals surface area contributed by atoms with E-state index in [0.29, 0.717) is 0 Å². The van der Waals surface area contributed by atoms with Crippen LogP contribution in [0.25, 0.3) is 0 Å². The number of hydrogen-bond acceptors (Lipinski definition) is 4. The summed E-state index contributed by atoms with van der Waals surface area (Å²) in [6, 6.07) is 2.17. The Bertz CT molecular complexity index is 202. The lowest BCUT2D eigenvalue weighted by Gasteiger charge is -2.23. The maximum absolute atomic E-state index is 8.82. The third kappa shape index (κ3) is 3.62. The Balaban J connectivity index is 2.38. The molecule has 1 heterocycles. The number of hydrogen-bond donors (Lipinski definition) is 1. The normalized spacial score (nSPS) is 26.5. The van der Waals surface area contributed by atoms with Gasteiger partial charge < -0.3 is 10.1 Å². The van der Waals surface area contributed by atoms with Crippen molar-refractivity contribution >= 4 is 0 Å². The van der Waals surface area contributed by atoms with Gasteiger partial charge in [-0.2, -0.15) is 5.26 Å². The van der Waals surface area contributed by atoms with E-state index >= 15 is 0 Å². The molecule has 0 aromatic rings. The Kier molecular flexibility index (Phi) is 4.88. The van der Waals surface area contributed by atoms with Gasteiger partial charge in [0.05, 0.1) is 12.2 Å². The standard InChI is InChI=1S/C10H19N3O/c1-9-7-13(4-3-5-14-9)8-10(6-11)12-2/h9-10,12H,3-5,7-8H2,1-2H3. The zero-order valence-electron chi connectivity index (χ0n) is 8.99. The number of rotatable bonds is 3. The van der Waals surface area contributed by atoms with Crippen LogP contribution in [0.15, 0.2) is 0 Å². The van der Waals surface area contributed by atoms with E-state index in [-0.39, 0.29) is 12.1 Å². The zero-order chi connectivity index (χ0) is 10.4. The molecule has 80 valence electrons. The van der Waals surface area contributed by atoms with Gasteiger partial charge in [0.25, 0.3) is 0 Å². The predicted octanol–water partition coefficient (Wildman–Crippen LogP) is 0.209. The van der Waals surface area contributed by atoms with E-state index in [9.17, 15) is 0 Å². The van der Waals surface area contributed by atoms with E-state index in [1.807, 2.05) is 7.05 Å². The monoisotopic (exact) mass is 197 g/mol. The number of nitriles is 1. The van der Waals surface area contributed by atoms with Gasteiger partial charge in [-0.25, -0.2) is 0 Å². The quantitative estimate of drug-likeness (QED) is 0.702. The summed E-state index contributed by atoms with van der Waals surface area (Å²) in [5.41, 5.74) is 0. The summed E-state index contributed by atoms with van der Waals surface area (Å²) in [6.07, 6.45) is 1.35. The summed E-state index contributed by atoms with van der Waals surface area (Å²) in [5.74, 6) is 0. The fourth-order valence-corrected chi connectivity index (χ4v) is 1.70. The van der Waals surface area contributed by atoms with Crippen molar-refractivity contribution in [3.8, 4) is 6.07 Å². The summed E-state index contributed by atoms with van der Waals surface area (Å²) < 4.78 is 5.54. The van der Waals surface area contributed by atoms with Crippen LogP contribution >= 0.6 is 0 Å². The molecule has 2 unspecified atom stereocenters. The highest BCUT2D eigenvalue weighted by Crippen LogP contribution is 2.05. The molecule has 1 aliphatic rings. The van der Waals surface area contributed by atoms with Crippen LogP contribution in [-0.4, -0.2) is 50.3 Å². The Hall–Kier alpha value is -0.630. The van der Waals surface area contributed by atoms with Gasteiger partial charge in [0.2, 0.25) is 0 Å². The van der Waals surface area contributed by atoms with Gasteiger partial charge in [-0.15, -0.1) is 0 Å². The van der Waals surface area contributed by atoms with Gasteiger partial charge in [-0.3, -0.25) is 4.90 Å². The van der Waals surface area contributed by atoms with Crippen LogP contribution in [0.2, 0.25) is 0 Å². The molecular weight excluding hydrogens is 178 g/mol. The first kappa shape index (κ1) is 11.4. The fraction of sp³-hybridized carbons (Fsp3) is 0.900. The van der Waals surface area contributed by atoms with Crippen LogP contribution in [0.4, 0.5) is 0 Å². The maximum atomic E-state index is 8.82. The third-order valence-electron chi connectivity index (χ3n) is 2.48. The van der Waals surface area contributed by atoms with Gasteiger partial charge in [0, 0.05) is 26.2 Å². The molecule has 14 heavy (non-hydrogen) atoms. The van der Waals surface area contributed by atoms with Gasteiger partial charge >= 0.3 is 0 Å². The van der Waals surface area contributed by atoms with Crippen molar-refractivity contribution < 1.29 is 4.74 Å². The molecule has 1 N–H and O–H groups in total. The molecule has 0 aliphatic carbocycles. The van der Waals surface area contributed by atoms with E-state index in [0.717, 1.165) is 32.7 Å². The molecule has 1 aliphatic heterocycles. The highest BCUT2D eigenvalue weighted by molar-refractivity contribution is 4.91. The lowest BCUT2D eigenvalue weighted by Crippen LogP contribution is -2.41. The molecule has 1 rings (SSSR count). The molecular formula is C10H19N3O. The Morgan fingerprint density at radius 2 is 2.50 bits per heavy atom. The highest BCUT2D eigenvalue weighted by atomic mass is 16.5. The molecule has 0 saturated carbocycles. The highest BCUT2D eigenvalue weighted by Gasteiger charge is 2.17. The number of likely N-dealkylation sites (N-methyl/N-ethyl adjacent to an activating group) is 1. The second-order valence-electron chi connectivity index (χ2n) is 3.76. The molecule has 4 nitrogen and oxygen atoms in total. The summed E-state index contributed by atoms with van der Waals surface area (Å²) in [5, 5.41) is 11.8. The smallest absolute Gasteiger partial charge is 0.108 e. The molecule has 1 fully saturated rings. The van der Waals surface area contributed by atoms with Crippen molar-refractivity contribution in [1.29, 1.82) is 5.26 Å². The lowest BCUT2D eigenvalue weighted by atomic mass is 10.2. The summed E-state index contributed by atoms with van der Waals surface area (Å²) in [4.78, 5) is 2.29. The number of nitrogens with zero attached hydrogens (tertiary/aromatic N) is 2. The maximum Gasteiger partial charge on any atom is 0.108 e. The van der Waals surface area contributed by atoms with Gasteiger partial charge in [-0.1, -0.05) is 0 Å². The van der Waals surface area contributed by atoms with E-state index in [4.69, 9.17) is 10.00 Å². The minimum atomic E-state index is -0.0692. The third-order valence-corrected chi connectivity index (χ3v) is 2.48. The van der Waals surface area contributed by atoms with E-state index in [2.05, 4.69) is 23.2 Å². The molecule has 0 amide bonds. The predicted molar refractivity (Wildman–Crippen MR) is 54.9 cm³/mol. The average molecular weight is 197 g/mol. The molecule has 1 saturated heterocycles. The Morgan fingerprint density at radius 3 is 3.14 bits per heavy atom. The lowest BCUT2D eigenvalue weighted by molar-refractivity contribution is 0.0672. The number of nitrogens with one attached hydrogen (secondary N) is 1. The molecule has 0 radical (unpaired) electrons. The molecule has 2 atom stereocenters. The van der Waals surface area contributed by atoms with Crippen LogP contribution in [-0.2, 0) is 4.74 Å². The minimum Gasteiger partial charge on any atom is -0.377 e. The van der Waals surface area contributed by atoms with E-state index in [1.54, 1.807) is 0 Å². The molecule has 0 spiro atoms. The molecule has 4 heteroatoms. The minimum absolute atomic E-state index is 0.0692. The van der Waals surface area contributed by atoms with Crippen molar-refractivity contribution in [1.82, 2.24) is 10.2 Å². The van der Waals surface area contributed by atoms with E-state index in [1.165, 1.54) is 0 Å². The first-order valence-electron chi connectivity index (χ1n) is 5.17. The van der Waals surface area contributed by atoms with Crippen molar-refractivity contribution in [3.05, 3.63) is 0 Å². The van der Waals surface area contributed by atoms with Crippen LogP contribution in [0.5, 0.6) is 0 Å². The van der Waals surface area contributed by atoms with Crippen molar-refractivity contribution in [2.24, 2.45) is 0 Å². The summed E-state index contributed by atoms with van der Waals surface area (Å²) in [7, 11) is 1.83. The van der Waals surface area contributed by atoms with Crippen LogP contribution < -0.4 is 5.32 Å². The van der Waals surface area contributed by atoms with Gasteiger partial charge in [0.15, 0.2) is 0 Å². The SMILES string of the molecule is CNC(C#N)CN1CCCOC(C)C1. The topological polar surface area (TPSA) is 48.3 Å². The van der Waals surface area contributed by atoms with Crippen molar-refractivity contribution in [2.45, 2.75) is 25.5 Å². The van der Waals surface area contributed by atoms with Crippen molar-refractivity contribution in [2.75, 3.05) is 33.3 Å². The number of ether oxygens (including phenoxy) is 1. The molecule has 0 aromatic carbocycles. The average Bonchev–Trinajstić information content (AvgIpc) is 2.39. The first-order valence-corrected chi connectivity index (χ1v) is 5.17. The zero-order valence-corrected chi connectivity index (χ0v) is 8.99. The fourth-order valence-electron chi connectivity index (χ4n) is 1.70. The molecule has 0 aromatic heterocycles. The largest absolute Gasteiger partial charge is 0.377 e. The molecule has 0 bridgehead atoms. The van der Waals surface area contributed by atoms with E-state index < -0.39 is 0 Å². The van der Waals surface area contributed by atoms with Crippen LogP contribution in [0.1, 0.15) is 13.3 Å². The first-order chi connectivity index (χ1) is 6.76.